The largest absolute Gasteiger partial charge is 0.466 e. The third-order valence-corrected chi connectivity index (χ3v) is 19.2. The standard InChI is InChI=1S/C83H159NO5/c1-3-5-7-9-11-13-15-17-19-21-23-24-25-33-36-40-43-47-51-55-59-63-67-71-75-81(86)80(79-85)84-82(87)76-72-68-64-60-56-52-48-44-41-37-34-31-29-27-26-28-30-32-35-38-42-46-50-54-58-62-66-70-74-78-89-83(88)77-73-69-65-61-57-53-49-45-39-22-20-18-16-14-12-10-8-6-4-2/h12,14,18,20,26,28,80-81,85-86H,3-11,13,15-17,19,21-25,27,29-79H2,1-2H3,(H,84,87)/b14-12-,20-18-,28-26-. The number of nitrogens with one attached hydrogen (secondary N) is 1. The van der Waals surface area contributed by atoms with Crippen molar-refractivity contribution >= 4 is 11.9 Å². The summed E-state index contributed by atoms with van der Waals surface area (Å²) >= 11 is 0. The van der Waals surface area contributed by atoms with Gasteiger partial charge in [-0.25, -0.2) is 0 Å². The van der Waals surface area contributed by atoms with Crippen LogP contribution in [0.15, 0.2) is 36.5 Å². The molecule has 0 fully saturated rings. The Morgan fingerprint density at radius 1 is 0.315 bits per heavy atom. The molecule has 526 valence electrons. The lowest BCUT2D eigenvalue weighted by Gasteiger charge is -2.22. The number of esters is 1. The van der Waals surface area contributed by atoms with Gasteiger partial charge < -0.3 is 20.3 Å². The number of aliphatic hydroxyl groups excluding tert-OH is 2. The number of unbranched alkanes of at least 4 members (excludes halogenated alkanes) is 60. The molecular formula is C83H159NO5. The van der Waals surface area contributed by atoms with Gasteiger partial charge in [-0.1, -0.05) is 397 Å². The van der Waals surface area contributed by atoms with Crippen LogP contribution in [0.3, 0.4) is 0 Å². The molecule has 0 spiro atoms. The van der Waals surface area contributed by atoms with Crippen LogP contribution in [0.2, 0.25) is 0 Å². The number of allylic oxidation sites excluding steroid dienone is 6. The molecule has 0 rings (SSSR count). The highest BCUT2D eigenvalue weighted by Crippen LogP contribution is 2.20. The molecule has 0 bridgehead atoms. The average Bonchev–Trinajstić information content (AvgIpc) is 3.56. The van der Waals surface area contributed by atoms with Crippen LogP contribution in [0, 0.1) is 0 Å². The van der Waals surface area contributed by atoms with E-state index in [2.05, 4.69) is 55.6 Å². The minimum Gasteiger partial charge on any atom is -0.466 e. The number of carbonyl (C=O) groups is 2. The lowest BCUT2D eigenvalue weighted by atomic mass is 10.0. The molecule has 0 saturated heterocycles. The van der Waals surface area contributed by atoms with Crippen molar-refractivity contribution in [1.29, 1.82) is 0 Å². The second-order valence-electron chi connectivity index (χ2n) is 28.1. The van der Waals surface area contributed by atoms with Crippen molar-refractivity contribution < 1.29 is 24.5 Å². The van der Waals surface area contributed by atoms with Crippen LogP contribution < -0.4 is 5.32 Å². The van der Waals surface area contributed by atoms with E-state index in [1.165, 1.54) is 372 Å². The summed E-state index contributed by atoms with van der Waals surface area (Å²) in [7, 11) is 0. The zero-order valence-electron chi connectivity index (χ0n) is 60.4. The molecule has 6 heteroatoms. The number of hydrogen-bond donors (Lipinski definition) is 3. The molecule has 0 aliphatic heterocycles. The smallest absolute Gasteiger partial charge is 0.305 e. The topological polar surface area (TPSA) is 95.9 Å². The molecule has 0 radical (unpaired) electrons. The number of ether oxygens (including phenoxy) is 1. The Morgan fingerprint density at radius 2 is 0.562 bits per heavy atom. The molecule has 89 heavy (non-hydrogen) atoms. The van der Waals surface area contributed by atoms with Crippen molar-refractivity contribution in [2.45, 2.75) is 469 Å². The molecule has 0 aliphatic rings. The number of amides is 1. The highest BCUT2D eigenvalue weighted by Gasteiger charge is 2.20. The number of rotatable bonds is 77. The van der Waals surface area contributed by atoms with E-state index in [1.54, 1.807) is 0 Å². The van der Waals surface area contributed by atoms with Gasteiger partial charge in [-0.2, -0.15) is 0 Å². The summed E-state index contributed by atoms with van der Waals surface area (Å²) in [6.07, 6.45) is 102. The molecule has 0 aliphatic carbocycles. The quantitative estimate of drug-likeness (QED) is 0.0320. The Kier molecular flexibility index (Phi) is 76.8. The summed E-state index contributed by atoms with van der Waals surface area (Å²) in [6, 6.07) is -0.543. The first-order chi connectivity index (χ1) is 44.0. The van der Waals surface area contributed by atoms with E-state index in [1.807, 2.05) is 0 Å². The van der Waals surface area contributed by atoms with Gasteiger partial charge in [-0.15, -0.1) is 0 Å². The SMILES string of the molecule is CCCCC/C=C\C/C=C\CCCCCCCCCCCC(=O)OCCCCCCCCCCCCCC/C=C\CCCCCCCCCCCCCCCC(=O)NC(CO)C(O)CCCCCCCCCCCCCCCCCCCCCCCCCC. The monoisotopic (exact) mass is 1250 g/mol. The third kappa shape index (κ3) is 75.0. The Bertz CT molecular complexity index is 1440. The minimum absolute atomic E-state index is 0.0137. The molecule has 0 aromatic heterocycles. The van der Waals surface area contributed by atoms with E-state index >= 15 is 0 Å². The van der Waals surface area contributed by atoms with Crippen molar-refractivity contribution in [3.8, 4) is 0 Å². The van der Waals surface area contributed by atoms with Crippen molar-refractivity contribution in [2.75, 3.05) is 13.2 Å². The van der Waals surface area contributed by atoms with Crippen molar-refractivity contribution in [1.82, 2.24) is 5.32 Å². The van der Waals surface area contributed by atoms with Gasteiger partial charge in [0.2, 0.25) is 5.91 Å². The van der Waals surface area contributed by atoms with E-state index < -0.39 is 12.1 Å². The summed E-state index contributed by atoms with van der Waals surface area (Å²) in [6.45, 7) is 4.98. The molecule has 0 heterocycles. The molecule has 1 amide bonds. The zero-order valence-corrected chi connectivity index (χ0v) is 60.4. The summed E-state index contributed by atoms with van der Waals surface area (Å²) < 4.78 is 5.51. The number of hydrogen-bond acceptors (Lipinski definition) is 5. The van der Waals surface area contributed by atoms with E-state index in [0.717, 1.165) is 51.4 Å². The zero-order chi connectivity index (χ0) is 64.2. The van der Waals surface area contributed by atoms with E-state index in [-0.39, 0.29) is 18.5 Å². The van der Waals surface area contributed by atoms with Gasteiger partial charge in [0, 0.05) is 12.8 Å². The first-order valence-electron chi connectivity index (χ1n) is 40.7. The maximum atomic E-state index is 12.6. The molecule has 2 atom stereocenters. The number of carbonyl (C=O) groups excluding carboxylic acids is 2. The summed E-state index contributed by atoms with van der Waals surface area (Å²) in [5.74, 6) is -0.0150. The summed E-state index contributed by atoms with van der Waals surface area (Å²) in [4.78, 5) is 24.7. The fourth-order valence-corrected chi connectivity index (χ4v) is 13.0. The van der Waals surface area contributed by atoms with E-state index in [9.17, 15) is 19.8 Å². The Morgan fingerprint density at radius 3 is 0.888 bits per heavy atom. The maximum Gasteiger partial charge on any atom is 0.305 e. The van der Waals surface area contributed by atoms with Crippen LogP contribution >= 0.6 is 0 Å². The normalized spacial score (nSPS) is 12.6. The second kappa shape index (κ2) is 78.5. The van der Waals surface area contributed by atoms with Crippen LogP contribution in [0.4, 0.5) is 0 Å². The van der Waals surface area contributed by atoms with Gasteiger partial charge in [-0.05, 0) is 83.5 Å². The van der Waals surface area contributed by atoms with Gasteiger partial charge in [0.05, 0.1) is 25.4 Å². The molecule has 0 aromatic carbocycles. The predicted molar refractivity (Wildman–Crippen MR) is 393 cm³/mol. The van der Waals surface area contributed by atoms with Gasteiger partial charge in [0.25, 0.3) is 0 Å². The first-order valence-corrected chi connectivity index (χ1v) is 40.7. The summed E-state index contributed by atoms with van der Waals surface area (Å²) in [5, 5.41) is 23.5. The van der Waals surface area contributed by atoms with Gasteiger partial charge in [0.1, 0.15) is 0 Å². The van der Waals surface area contributed by atoms with Crippen molar-refractivity contribution in [3.05, 3.63) is 36.5 Å². The van der Waals surface area contributed by atoms with Crippen LogP contribution in [-0.2, 0) is 14.3 Å². The minimum atomic E-state index is -0.666. The molecule has 3 N–H and O–H groups in total. The molecule has 2 unspecified atom stereocenters. The second-order valence-corrected chi connectivity index (χ2v) is 28.1. The van der Waals surface area contributed by atoms with Crippen molar-refractivity contribution in [3.63, 3.8) is 0 Å². The van der Waals surface area contributed by atoms with Crippen LogP contribution in [0.5, 0.6) is 0 Å². The first kappa shape index (κ1) is 87.1. The molecule has 0 aromatic rings. The van der Waals surface area contributed by atoms with Gasteiger partial charge >= 0.3 is 5.97 Å². The maximum absolute atomic E-state index is 12.6. The Balaban J connectivity index is 3.37. The van der Waals surface area contributed by atoms with E-state index in [0.29, 0.717) is 25.9 Å². The fraction of sp³-hybridized carbons (Fsp3) is 0.904. The van der Waals surface area contributed by atoms with Crippen molar-refractivity contribution in [2.24, 2.45) is 0 Å². The lowest BCUT2D eigenvalue weighted by molar-refractivity contribution is -0.143. The summed E-state index contributed by atoms with van der Waals surface area (Å²) in [5.41, 5.74) is 0. The highest BCUT2D eigenvalue weighted by atomic mass is 16.5. The lowest BCUT2D eigenvalue weighted by Crippen LogP contribution is -2.45. The molecule has 0 saturated carbocycles. The van der Waals surface area contributed by atoms with Crippen LogP contribution in [0.1, 0.15) is 457 Å². The molecule has 6 nitrogen and oxygen atoms in total. The van der Waals surface area contributed by atoms with Crippen LogP contribution in [0.25, 0.3) is 0 Å². The fourth-order valence-electron chi connectivity index (χ4n) is 13.0. The van der Waals surface area contributed by atoms with E-state index in [4.69, 9.17) is 4.74 Å². The van der Waals surface area contributed by atoms with Gasteiger partial charge in [0.15, 0.2) is 0 Å². The van der Waals surface area contributed by atoms with Gasteiger partial charge in [-0.3, -0.25) is 9.59 Å². The Labute approximate surface area is 557 Å². The van der Waals surface area contributed by atoms with Crippen LogP contribution in [-0.4, -0.2) is 47.4 Å². The average molecular weight is 1250 g/mol. The molecular weight excluding hydrogens is 1090 g/mol. The third-order valence-electron chi connectivity index (χ3n) is 19.2. The Hall–Kier alpha value is -1.92. The predicted octanol–water partition coefficient (Wildman–Crippen LogP) is 27.0. The number of aliphatic hydroxyl groups is 2. The highest BCUT2D eigenvalue weighted by molar-refractivity contribution is 5.76.